The molecular formula is C17H11ClFNO3. The Hall–Kier alpha value is -2.24. The first-order chi connectivity index (χ1) is 10.9. The summed E-state index contributed by atoms with van der Waals surface area (Å²) >= 11 is 5.99. The molecule has 2 aliphatic rings. The van der Waals surface area contributed by atoms with E-state index in [4.69, 9.17) is 16.3 Å². The Balaban J connectivity index is 1.74. The van der Waals surface area contributed by atoms with Crippen LogP contribution in [0.5, 0.6) is 0 Å². The lowest BCUT2D eigenvalue weighted by atomic mass is 9.91. The number of ketones is 1. The van der Waals surface area contributed by atoms with Crippen molar-refractivity contribution >= 4 is 29.0 Å². The second-order valence-corrected chi connectivity index (χ2v) is 6.14. The fourth-order valence-electron chi connectivity index (χ4n) is 3.08. The Kier molecular flexibility index (Phi) is 2.89. The van der Waals surface area contributed by atoms with E-state index in [1.54, 1.807) is 25.1 Å². The average molecular weight is 332 g/mol. The topological polar surface area (TPSA) is 58.7 Å². The van der Waals surface area contributed by atoms with E-state index in [-0.39, 0.29) is 11.7 Å². The molecule has 2 atom stereocenters. The number of carbonyl (C=O) groups excluding carboxylic acids is 2. The van der Waals surface area contributed by atoms with Gasteiger partial charge in [0, 0.05) is 21.8 Å². The molecule has 2 aromatic carbocycles. The van der Waals surface area contributed by atoms with Crippen molar-refractivity contribution in [3.05, 3.63) is 63.9 Å². The largest absolute Gasteiger partial charge is 0.342 e. The van der Waals surface area contributed by atoms with Gasteiger partial charge in [0.15, 0.2) is 11.9 Å². The molecule has 1 spiro atoms. The van der Waals surface area contributed by atoms with E-state index in [1.807, 2.05) is 0 Å². The van der Waals surface area contributed by atoms with E-state index in [0.29, 0.717) is 27.4 Å². The fourth-order valence-corrected chi connectivity index (χ4v) is 3.25. The molecule has 4 rings (SSSR count). The number of epoxide rings is 1. The van der Waals surface area contributed by atoms with Crippen LogP contribution in [-0.4, -0.2) is 17.8 Å². The van der Waals surface area contributed by atoms with E-state index >= 15 is 0 Å². The van der Waals surface area contributed by atoms with Gasteiger partial charge in [0.1, 0.15) is 5.82 Å². The van der Waals surface area contributed by atoms with Gasteiger partial charge in [-0.15, -0.1) is 0 Å². The Bertz CT molecular complexity index is 882. The molecule has 1 N–H and O–H groups in total. The van der Waals surface area contributed by atoms with Crippen molar-refractivity contribution in [3.8, 4) is 0 Å². The zero-order chi connectivity index (χ0) is 16.4. The second-order valence-electron chi connectivity index (χ2n) is 5.70. The number of benzene rings is 2. The van der Waals surface area contributed by atoms with Gasteiger partial charge in [-0.05, 0) is 48.9 Å². The molecule has 6 heteroatoms. The summed E-state index contributed by atoms with van der Waals surface area (Å²) in [4.78, 5) is 25.0. The summed E-state index contributed by atoms with van der Waals surface area (Å²) in [6, 6.07) is 8.87. The minimum Gasteiger partial charge on any atom is -0.342 e. The van der Waals surface area contributed by atoms with Crippen LogP contribution >= 0.6 is 11.6 Å². The summed E-state index contributed by atoms with van der Waals surface area (Å²) in [5.41, 5.74) is 0.679. The number of Topliss-reactive ketones (excluding diaryl/α,β-unsaturated/α-hetero) is 1. The lowest BCUT2D eigenvalue weighted by Crippen LogP contribution is -2.27. The summed E-state index contributed by atoms with van der Waals surface area (Å²) in [6.45, 7) is 1.64. The Labute approximate surface area is 136 Å². The van der Waals surface area contributed by atoms with Gasteiger partial charge in [-0.3, -0.25) is 9.59 Å². The summed E-state index contributed by atoms with van der Waals surface area (Å²) in [7, 11) is 0. The maximum Gasteiger partial charge on any atom is 0.264 e. The quantitative estimate of drug-likeness (QED) is 0.679. The smallest absolute Gasteiger partial charge is 0.264 e. The third kappa shape index (κ3) is 1.93. The maximum absolute atomic E-state index is 13.2. The van der Waals surface area contributed by atoms with Crippen molar-refractivity contribution in [2.45, 2.75) is 18.6 Å². The van der Waals surface area contributed by atoms with Gasteiger partial charge in [0.2, 0.25) is 5.60 Å². The van der Waals surface area contributed by atoms with Gasteiger partial charge in [0.25, 0.3) is 5.91 Å². The van der Waals surface area contributed by atoms with Crippen LogP contribution in [0.25, 0.3) is 0 Å². The zero-order valence-electron chi connectivity index (χ0n) is 12.0. The number of nitrogens with one attached hydrogen (secondary N) is 1. The predicted molar refractivity (Wildman–Crippen MR) is 82.1 cm³/mol. The summed E-state index contributed by atoms with van der Waals surface area (Å²) in [5.74, 6) is -1.14. The van der Waals surface area contributed by atoms with Gasteiger partial charge in [-0.2, -0.15) is 0 Å². The molecule has 1 saturated heterocycles. The van der Waals surface area contributed by atoms with E-state index in [1.165, 1.54) is 18.2 Å². The average Bonchev–Trinajstić information content (AvgIpc) is 3.19. The molecule has 116 valence electrons. The van der Waals surface area contributed by atoms with Crippen LogP contribution < -0.4 is 5.32 Å². The van der Waals surface area contributed by atoms with Gasteiger partial charge >= 0.3 is 0 Å². The summed E-state index contributed by atoms with van der Waals surface area (Å²) < 4.78 is 18.8. The lowest BCUT2D eigenvalue weighted by molar-refractivity contribution is -0.120. The van der Waals surface area contributed by atoms with Crippen molar-refractivity contribution in [2.24, 2.45) is 0 Å². The van der Waals surface area contributed by atoms with Crippen LogP contribution in [-0.2, 0) is 15.1 Å². The molecule has 1 fully saturated rings. The first kappa shape index (κ1) is 14.4. The van der Waals surface area contributed by atoms with Crippen molar-refractivity contribution < 1.29 is 18.7 Å². The van der Waals surface area contributed by atoms with E-state index in [2.05, 4.69) is 5.32 Å². The Morgan fingerprint density at radius 3 is 2.83 bits per heavy atom. The van der Waals surface area contributed by atoms with Crippen LogP contribution in [0.4, 0.5) is 10.1 Å². The minimum absolute atomic E-state index is 0.342. The number of halogens is 2. The molecule has 0 aliphatic carbocycles. The molecule has 2 heterocycles. The molecule has 0 radical (unpaired) electrons. The van der Waals surface area contributed by atoms with Crippen LogP contribution in [0.3, 0.4) is 0 Å². The van der Waals surface area contributed by atoms with Crippen molar-refractivity contribution in [1.82, 2.24) is 0 Å². The molecular weight excluding hydrogens is 321 g/mol. The number of fused-ring (bicyclic) bond motifs is 2. The number of carbonyl (C=O) groups is 2. The number of rotatable bonds is 2. The van der Waals surface area contributed by atoms with Gasteiger partial charge in [-0.1, -0.05) is 11.6 Å². The summed E-state index contributed by atoms with van der Waals surface area (Å²) in [5, 5.41) is 3.16. The van der Waals surface area contributed by atoms with Crippen molar-refractivity contribution in [2.75, 3.05) is 5.32 Å². The number of amides is 1. The number of hydrogen-bond donors (Lipinski definition) is 1. The zero-order valence-corrected chi connectivity index (χ0v) is 12.8. The normalized spacial score (nSPS) is 24.5. The first-order valence-electron chi connectivity index (χ1n) is 7.03. The van der Waals surface area contributed by atoms with Gasteiger partial charge < -0.3 is 10.1 Å². The van der Waals surface area contributed by atoms with Gasteiger partial charge in [-0.25, -0.2) is 4.39 Å². The molecule has 2 aliphatic heterocycles. The molecule has 23 heavy (non-hydrogen) atoms. The van der Waals surface area contributed by atoms with E-state index < -0.39 is 17.5 Å². The molecule has 4 nitrogen and oxygen atoms in total. The molecule has 0 aromatic heterocycles. The number of aryl methyl sites for hydroxylation is 1. The van der Waals surface area contributed by atoms with Crippen LogP contribution in [0.2, 0.25) is 5.02 Å². The lowest BCUT2D eigenvalue weighted by Gasteiger charge is -2.05. The maximum atomic E-state index is 13.2. The molecule has 0 saturated carbocycles. The third-order valence-electron chi connectivity index (χ3n) is 4.28. The highest BCUT2D eigenvalue weighted by Crippen LogP contribution is 2.55. The minimum atomic E-state index is -1.32. The Morgan fingerprint density at radius 1 is 1.30 bits per heavy atom. The fraction of sp³-hybridized carbons (Fsp3) is 0.176. The Morgan fingerprint density at radius 2 is 2.09 bits per heavy atom. The third-order valence-corrected chi connectivity index (χ3v) is 4.51. The number of ether oxygens (including phenoxy) is 1. The van der Waals surface area contributed by atoms with Crippen LogP contribution in [0, 0.1) is 12.7 Å². The molecule has 1 amide bonds. The van der Waals surface area contributed by atoms with Crippen LogP contribution in [0.1, 0.15) is 21.5 Å². The standard InChI is InChI=1S/C17H11ClFNO3/c1-8-6-10(19)3-4-11(8)14(21)15-17(23-15)12-7-9(18)2-5-13(12)20-16(17)22/h2-7,15H,1H3,(H,20,22)/t15-,17-/m1/s1. The molecule has 0 bridgehead atoms. The van der Waals surface area contributed by atoms with E-state index in [0.717, 1.165) is 0 Å². The van der Waals surface area contributed by atoms with E-state index in [9.17, 15) is 14.0 Å². The first-order valence-corrected chi connectivity index (χ1v) is 7.41. The second kappa shape index (κ2) is 4.63. The number of anilines is 1. The highest BCUT2D eigenvalue weighted by Gasteiger charge is 2.70. The van der Waals surface area contributed by atoms with Crippen molar-refractivity contribution in [3.63, 3.8) is 0 Å². The van der Waals surface area contributed by atoms with Crippen molar-refractivity contribution in [1.29, 1.82) is 0 Å². The molecule has 0 unspecified atom stereocenters. The monoisotopic (exact) mass is 331 g/mol. The van der Waals surface area contributed by atoms with Crippen LogP contribution in [0.15, 0.2) is 36.4 Å². The summed E-state index contributed by atoms with van der Waals surface area (Å²) in [6.07, 6.45) is -0.925. The molecule has 2 aromatic rings. The predicted octanol–water partition coefficient (Wildman–Crippen LogP) is 3.22. The highest BCUT2D eigenvalue weighted by atomic mass is 35.5. The number of hydrogen-bond acceptors (Lipinski definition) is 3. The SMILES string of the molecule is Cc1cc(F)ccc1C(=O)[C@H]1O[C@@]12C(=O)Nc1ccc(Cl)cc12. The highest BCUT2D eigenvalue weighted by molar-refractivity contribution is 6.31. The van der Waals surface area contributed by atoms with Gasteiger partial charge in [0.05, 0.1) is 0 Å².